The van der Waals surface area contributed by atoms with Crippen LogP contribution in [0.5, 0.6) is 0 Å². The predicted octanol–water partition coefficient (Wildman–Crippen LogP) is 3.12. The normalized spacial score (nSPS) is 18.1. The van der Waals surface area contributed by atoms with Gasteiger partial charge in [0.05, 0.1) is 0 Å². The zero-order valence-electron chi connectivity index (χ0n) is 8.58. The third-order valence-corrected chi connectivity index (χ3v) is 3.60. The predicted molar refractivity (Wildman–Crippen MR) is 70.1 cm³/mol. The molecule has 0 aliphatic heterocycles. The summed E-state index contributed by atoms with van der Waals surface area (Å²) in [5, 5.41) is 0. The molecule has 0 radical (unpaired) electrons. The fourth-order valence-corrected chi connectivity index (χ4v) is 2.53. The molecule has 0 atom stereocenters. The van der Waals surface area contributed by atoms with Crippen LogP contribution in [0.3, 0.4) is 0 Å². The van der Waals surface area contributed by atoms with Crippen LogP contribution in [-0.4, -0.2) is 4.57 Å². The lowest BCUT2D eigenvalue weighted by Crippen LogP contribution is -2.25. The van der Waals surface area contributed by atoms with Gasteiger partial charge in [-0.15, -0.1) is 0 Å². The summed E-state index contributed by atoms with van der Waals surface area (Å²) in [4.78, 5) is 11.7. The molecule has 1 saturated carbocycles. The van der Waals surface area contributed by atoms with E-state index in [-0.39, 0.29) is 5.56 Å². The SMILES string of the molecule is C=C1CCC(n2cc(I)ccc2=O)CC1. The van der Waals surface area contributed by atoms with Crippen LogP contribution in [0.25, 0.3) is 0 Å². The molecule has 1 aliphatic carbocycles. The molecular formula is C12H14INO. The number of aromatic nitrogens is 1. The Kier molecular flexibility index (Phi) is 3.29. The van der Waals surface area contributed by atoms with Crippen LogP contribution in [0.1, 0.15) is 31.7 Å². The van der Waals surface area contributed by atoms with Gasteiger partial charge in [0.15, 0.2) is 0 Å². The topological polar surface area (TPSA) is 22.0 Å². The quantitative estimate of drug-likeness (QED) is 0.576. The lowest BCUT2D eigenvalue weighted by atomic mass is 9.92. The second-order valence-electron chi connectivity index (χ2n) is 4.07. The highest BCUT2D eigenvalue weighted by atomic mass is 127. The first-order valence-electron chi connectivity index (χ1n) is 5.21. The summed E-state index contributed by atoms with van der Waals surface area (Å²) >= 11 is 2.25. The molecule has 2 rings (SSSR count). The summed E-state index contributed by atoms with van der Waals surface area (Å²) < 4.78 is 3.00. The van der Waals surface area contributed by atoms with E-state index in [1.165, 1.54) is 5.57 Å². The van der Waals surface area contributed by atoms with E-state index in [9.17, 15) is 4.79 Å². The van der Waals surface area contributed by atoms with Crippen molar-refractivity contribution in [2.45, 2.75) is 31.7 Å². The van der Waals surface area contributed by atoms with Crippen LogP contribution >= 0.6 is 22.6 Å². The number of hydrogen-bond acceptors (Lipinski definition) is 1. The standard InChI is InChI=1S/C12H14INO/c1-9-2-5-11(6-3-9)14-8-10(13)4-7-12(14)15/h4,7-8,11H,1-3,5-6H2. The van der Waals surface area contributed by atoms with Crippen molar-refractivity contribution in [1.29, 1.82) is 0 Å². The number of nitrogens with zero attached hydrogens (tertiary/aromatic N) is 1. The van der Waals surface area contributed by atoms with E-state index >= 15 is 0 Å². The van der Waals surface area contributed by atoms with Gasteiger partial charge in [-0.1, -0.05) is 12.2 Å². The summed E-state index contributed by atoms with van der Waals surface area (Å²) in [6, 6.07) is 3.89. The van der Waals surface area contributed by atoms with E-state index in [0.29, 0.717) is 6.04 Å². The zero-order chi connectivity index (χ0) is 10.8. The van der Waals surface area contributed by atoms with E-state index in [0.717, 1.165) is 29.3 Å². The van der Waals surface area contributed by atoms with Gasteiger partial charge in [-0.25, -0.2) is 0 Å². The summed E-state index contributed by atoms with van der Waals surface area (Å²) in [6.07, 6.45) is 6.18. The van der Waals surface area contributed by atoms with E-state index in [1.807, 2.05) is 16.8 Å². The smallest absolute Gasteiger partial charge is 0.250 e. The second-order valence-corrected chi connectivity index (χ2v) is 5.32. The maximum atomic E-state index is 11.7. The molecule has 3 heteroatoms. The summed E-state index contributed by atoms with van der Waals surface area (Å²) in [5.74, 6) is 0. The molecule has 1 aliphatic rings. The largest absolute Gasteiger partial charge is 0.311 e. The van der Waals surface area contributed by atoms with E-state index in [2.05, 4.69) is 29.2 Å². The minimum Gasteiger partial charge on any atom is -0.311 e. The average molecular weight is 315 g/mol. The number of hydrogen-bond donors (Lipinski definition) is 0. The molecule has 0 N–H and O–H groups in total. The summed E-state index contributed by atoms with van der Waals surface area (Å²) in [6.45, 7) is 3.99. The second kappa shape index (κ2) is 4.51. The van der Waals surface area contributed by atoms with Crippen LogP contribution in [0, 0.1) is 3.57 Å². The van der Waals surface area contributed by atoms with Gasteiger partial charge in [0.2, 0.25) is 0 Å². The highest BCUT2D eigenvalue weighted by Gasteiger charge is 2.17. The maximum absolute atomic E-state index is 11.7. The first-order valence-corrected chi connectivity index (χ1v) is 6.29. The molecule has 80 valence electrons. The van der Waals surface area contributed by atoms with Crippen LogP contribution < -0.4 is 5.56 Å². The monoisotopic (exact) mass is 315 g/mol. The Morgan fingerprint density at radius 2 is 2.00 bits per heavy atom. The Hall–Kier alpha value is -0.580. The molecule has 1 aromatic rings. The Labute approximate surface area is 103 Å². The molecule has 0 amide bonds. The molecule has 2 nitrogen and oxygen atoms in total. The Morgan fingerprint density at radius 3 is 2.67 bits per heavy atom. The van der Waals surface area contributed by atoms with Crippen LogP contribution in [0.4, 0.5) is 0 Å². The van der Waals surface area contributed by atoms with Crippen molar-refractivity contribution in [3.05, 3.63) is 44.4 Å². The van der Waals surface area contributed by atoms with Crippen molar-refractivity contribution in [1.82, 2.24) is 4.57 Å². The van der Waals surface area contributed by atoms with Gasteiger partial charge in [-0.2, -0.15) is 0 Å². The first-order chi connectivity index (χ1) is 7.16. The highest BCUT2D eigenvalue weighted by Crippen LogP contribution is 2.29. The number of allylic oxidation sites excluding steroid dienone is 1. The molecule has 0 aromatic carbocycles. The Balaban J connectivity index is 2.26. The van der Waals surface area contributed by atoms with Crippen molar-refractivity contribution in [2.75, 3.05) is 0 Å². The lowest BCUT2D eigenvalue weighted by molar-refractivity contribution is 0.389. The fraction of sp³-hybridized carbons (Fsp3) is 0.417. The van der Waals surface area contributed by atoms with E-state index in [1.54, 1.807) is 6.07 Å². The molecule has 1 heterocycles. The lowest BCUT2D eigenvalue weighted by Gasteiger charge is -2.25. The zero-order valence-corrected chi connectivity index (χ0v) is 10.7. The Bertz CT molecular complexity index is 425. The van der Waals surface area contributed by atoms with Crippen molar-refractivity contribution in [3.63, 3.8) is 0 Å². The van der Waals surface area contributed by atoms with Crippen molar-refractivity contribution in [2.24, 2.45) is 0 Å². The van der Waals surface area contributed by atoms with Gasteiger partial charge >= 0.3 is 0 Å². The van der Waals surface area contributed by atoms with Crippen LogP contribution in [-0.2, 0) is 0 Å². The molecule has 1 fully saturated rings. The number of rotatable bonds is 1. The molecule has 15 heavy (non-hydrogen) atoms. The number of halogens is 1. The van der Waals surface area contributed by atoms with Gasteiger partial charge < -0.3 is 4.57 Å². The Morgan fingerprint density at radius 1 is 1.33 bits per heavy atom. The third-order valence-electron chi connectivity index (χ3n) is 2.96. The van der Waals surface area contributed by atoms with Gasteiger partial charge in [-0.05, 0) is 54.3 Å². The van der Waals surface area contributed by atoms with Crippen LogP contribution in [0.15, 0.2) is 35.3 Å². The molecule has 1 aromatic heterocycles. The minimum absolute atomic E-state index is 0.118. The average Bonchev–Trinajstić information content (AvgIpc) is 2.23. The highest BCUT2D eigenvalue weighted by molar-refractivity contribution is 14.1. The third kappa shape index (κ3) is 2.51. The van der Waals surface area contributed by atoms with Gasteiger partial charge in [0.25, 0.3) is 5.56 Å². The summed E-state index contributed by atoms with van der Waals surface area (Å²) in [7, 11) is 0. The molecule has 0 saturated heterocycles. The summed E-state index contributed by atoms with van der Waals surface area (Å²) in [5.41, 5.74) is 1.44. The molecular weight excluding hydrogens is 301 g/mol. The van der Waals surface area contributed by atoms with Gasteiger partial charge in [0.1, 0.15) is 0 Å². The van der Waals surface area contributed by atoms with Crippen LogP contribution in [0.2, 0.25) is 0 Å². The van der Waals surface area contributed by atoms with Crippen molar-refractivity contribution >= 4 is 22.6 Å². The molecule has 0 bridgehead atoms. The van der Waals surface area contributed by atoms with Crippen molar-refractivity contribution < 1.29 is 0 Å². The maximum Gasteiger partial charge on any atom is 0.250 e. The molecule has 0 unspecified atom stereocenters. The number of pyridine rings is 1. The fourth-order valence-electron chi connectivity index (χ4n) is 2.05. The van der Waals surface area contributed by atoms with Gasteiger partial charge in [-0.3, -0.25) is 4.79 Å². The van der Waals surface area contributed by atoms with E-state index in [4.69, 9.17) is 0 Å². The van der Waals surface area contributed by atoms with E-state index < -0.39 is 0 Å². The first kappa shape index (κ1) is 10.9. The van der Waals surface area contributed by atoms with Crippen molar-refractivity contribution in [3.8, 4) is 0 Å². The molecule has 0 spiro atoms. The van der Waals surface area contributed by atoms with Gasteiger partial charge in [0, 0.05) is 21.9 Å². The minimum atomic E-state index is 0.118.